The van der Waals surface area contributed by atoms with Crippen LogP contribution in [0.4, 0.5) is 5.82 Å². The third kappa shape index (κ3) is 3.82. The molecule has 0 amide bonds. The lowest BCUT2D eigenvalue weighted by atomic mass is 9.83. The van der Waals surface area contributed by atoms with Crippen LogP contribution < -0.4 is 10.2 Å². The van der Waals surface area contributed by atoms with Gasteiger partial charge in [-0.2, -0.15) is 5.10 Å². The second kappa shape index (κ2) is 5.76. The van der Waals surface area contributed by atoms with Gasteiger partial charge in [-0.25, -0.2) is 0 Å². The molecule has 21 heavy (non-hydrogen) atoms. The lowest BCUT2D eigenvalue weighted by molar-refractivity contribution is 0.472. The lowest BCUT2D eigenvalue weighted by Crippen LogP contribution is -2.32. The Labute approximate surface area is 127 Å². The molecule has 0 spiro atoms. The van der Waals surface area contributed by atoms with Gasteiger partial charge in [0.1, 0.15) is 0 Å². The van der Waals surface area contributed by atoms with E-state index in [1.165, 1.54) is 12.8 Å². The summed E-state index contributed by atoms with van der Waals surface area (Å²) in [5, 5.41) is 12.2. The summed E-state index contributed by atoms with van der Waals surface area (Å²) in [6, 6.07) is 4.92. The zero-order chi connectivity index (χ0) is 14.9. The largest absolute Gasteiger partial charge is 0.351 e. The summed E-state index contributed by atoms with van der Waals surface area (Å²) in [7, 11) is 0. The zero-order valence-corrected chi connectivity index (χ0v) is 13.4. The maximum absolute atomic E-state index is 4.39. The van der Waals surface area contributed by atoms with Crippen LogP contribution in [0.2, 0.25) is 0 Å². The first-order valence-electron chi connectivity index (χ1n) is 8.03. The highest BCUT2D eigenvalue weighted by Gasteiger charge is 2.22. The number of rotatable bonds is 4. The average Bonchev–Trinajstić information content (AvgIpc) is 3.29. The van der Waals surface area contributed by atoms with Gasteiger partial charge in [0.2, 0.25) is 0 Å². The van der Waals surface area contributed by atoms with Gasteiger partial charge in [-0.05, 0) is 36.8 Å². The maximum Gasteiger partial charge on any atom is 0.151 e. The van der Waals surface area contributed by atoms with Gasteiger partial charge in [0, 0.05) is 25.7 Å². The molecule has 1 saturated carbocycles. The number of anilines is 1. The molecule has 1 aliphatic carbocycles. The first-order valence-corrected chi connectivity index (χ1v) is 8.03. The van der Waals surface area contributed by atoms with E-state index in [0.29, 0.717) is 0 Å². The van der Waals surface area contributed by atoms with E-state index >= 15 is 0 Å². The van der Waals surface area contributed by atoms with Crippen LogP contribution in [0.25, 0.3) is 0 Å². The van der Waals surface area contributed by atoms with E-state index in [0.717, 1.165) is 43.6 Å². The zero-order valence-electron chi connectivity index (χ0n) is 13.4. The number of aromatic nitrogens is 2. The van der Waals surface area contributed by atoms with Crippen LogP contribution in [0.3, 0.4) is 0 Å². The highest BCUT2D eigenvalue weighted by atomic mass is 15.3. The first kappa shape index (κ1) is 14.5. The first-order chi connectivity index (χ1) is 10.0. The van der Waals surface area contributed by atoms with Crippen molar-refractivity contribution >= 4 is 5.82 Å². The summed E-state index contributed by atoms with van der Waals surface area (Å²) in [6.45, 7) is 9.69. The van der Waals surface area contributed by atoms with Crippen molar-refractivity contribution in [3.05, 3.63) is 29.5 Å². The summed E-state index contributed by atoms with van der Waals surface area (Å²) in [5.41, 5.74) is 2.88. The topological polar surface area (TPSA) is 41.0 Å². The molecule has 0 bridgehead atoms. The van der Waals surface area contributed by atoms with Crippen molar-refractivity contribution < 1.29 is 0 Å². The molecule has 4 nitrogen and oxygen atoms in total. The summed E-state index contributed by atoms with van der Waals surface area (Å²) in [6.07, 6.45) is 6.09. The van der Waals surface area contributed by atoms with Crippen LogP contribution in [-0.4, -0.2) is 29.3 Å². The Morgan fingerprint density at radius 1 is 1.24 bits per heavy atom. The van der Waals surface area contributed by atoms with E-state index in [9.17, 15) is 0 Å². The minimum absolute atomic E-state index is 0.288. The van der Waals surface area contributed by atoms with Crippen molar-refractivity contribution in [2.24, 2.45) is 5.41 Å². The Morgan fingerprint density at radius 3 is 2.57 bits per heavy atom. The third-order valence-electron chi connectivity index (χ3n) is 4.35. The fourth-order valence-electron chi connectivity index (χ4n) is 2.71. The van der Waals surface area contributed by atoms with Crippen LogP contribution in [0, 0.1) is 5.41 Å². The molecule has 0 saturated heterocycles. The molecule has 2 heterocycles. The van der Waals surface area contributed by atoms with Crippen molar-refractivity contribution in [2.45, 2.75) is 52.6 Å². The van der Waals surface area contributed by atoms with Crippen molar-refractivity contribution in [1.29, 1.82) is 0 Å². The van der Waals surface area contributed by atoms with Crippen molar-refractivity contribution in [2.75, 3.05) is 18.0 Å². The molecule has 4 heteroatoms. The van der Waals surface area contributed by atoms with Gasteiger partial charge in [-0.1, -0.05) is 32.4 Å². The molecular formula is C17H26N4. The fourth-order valence-corrected chi connectivity index (χ4v) is 2.71. The smallest absolute Gasteiger partial charge is 0.151 e. The van der Waals surface area contributed by atoms with Crippen molar-refractivity contribution in [3.63, 3.8) is 0 Å². The van der Waals surface area contributed by atoms with Crippen molar-refractivity contribution in [3.8, 4) is 0 Å². The van der Waals surface area contributed by atoms with E-state index in [1.807, 2.05) is 0 Å². The Balaban J connectivity index is 1.58. The molecule has 1 aliphatic heterocycles. The summed E-state index contributed by atoms with van der Waals surface area (Å²) >= 11 is 0. The molecule has 2 aliphatic rings. The number of hydrogen-bond donors (Lipinski definition) is 1. The van der Waals surface area contributed by atoms with Crippen LogP contribution in [0.15, 0.2) is 23.8 Å². The Morgan fingerprint density at radius 2 is 2.05 bits per heavy atom. The molecule has 0 aromatic carbocycles. The van der Waals surface area contributed by atoms with Crippen LogP contribution in [-0.2, 0) is 6.54 Å². The van der Waals surface area contributed by atoms with E-state index in [4.69, 9.17) is 0 Å². The third-order valence-corrected chi connectivity index (χ3v) is 4.35. The molecule has 1 aromatic heterocycles. The van der Waals surface area contributed by atoms with Gasteiger partial charge < -0.3 is 10.2 Å². The fraction of sp³-hybridized carbons (Fsp3) is 0.647. The number of nitrogens with one attached hydrogen (secondary N) is 1. The Bertz CT molecular complexity index is 509. The second-order valence-corrected chi connectivity index (χ2v) is 7.21. The molecule has 114 valence electrons. The van der Waals surface area contributed by atoms with Gasteiger partial charge in [0.05, 0.1) is 5.69 Å². The predicted molar refractivity (Wildman–Crippen MR) is 86.3 cm³/mol. The van der Waals surface area contributed by atoms with E-state index in [-0.39, 0.29) is 5.41 Å². The number of hydrogen-bond acceptors (Lipinski definition) is 4. The minimum Gasteiger partial charge on any atom is -0.351 e. The van der Waals surface area contributed by atoms with Gasteiger partial charge in [0.25, 0.3) is 0 Å². The van der Waals surface area contributed by atoms with Crippen LogP contribution in [0.5, 0.6) is 0 Å². The number of nitrogens with zero attached hydrogens (tertiary/aromatic N) is 3. The van der Waals surface area contributed by atoms with Gasteiger partial charge >= 0.3 is 0 Å². The highest BCUT2D eigenvalue weighted by molar-refractivity contribution is 5.40. The van der Waals surface area contributed by atoms with E-state index in [2.05, 4.69) is 59.4 Å². The van der Waals surface area contributed by atoms with E-state index < -0.39 is 0 Å². The average molecular weight is 286 g/mol. The monoisotopic (exact) mass is 286 g/mol. The van der Waals surface area contributed by atoms with E-state index in [1.54, 1.807) is 5.57 Å². The second-order valence-electron chi connectivity index (χ2n) is 7.21. The molecule has 0 unspecified atom stereocenters. The molecule has 1 aromatic rings. The molecule has 0 radical (unpaired) electrons. The van der Waals surface area contributed by atoms with Gasteiger partial charge in [-0.3, -0.25) is 0 Å². The van der Waals surface area contributed by atoms with Crippen LogP contribution >= 0.6 is 0 Å². The Kier molecular flexibility index (Phi) is 3.98. The lowest BCUT2D eigenvalue weighted by Gasteiger charge is -2.32. The molecule has 0 atom stereocenters. The highest BCUT2D eigenvalue weighted by Crippen LogP contribution is 2.31. The quantitative estimate of drug-likeness (QED) is 0.864. The molecule has 1 N–H and O–H groups in total. The normalized spacial score (nSPS) is 19.6. The summed E-state index contributed by atoms with van der Waals surface area (Å²) in [4.78, 5) is 2.31. The maximum atomic E-state index is 4.39. The molecule has 1 fully saturated rings. The molecular weight excluding hydrogens is 260 g/mol. The predicted octanol–water partition coefficient (Wildman–Crippen LogP) is 2.91. The summed E-state index contributed by atoms with van der Waals surface area (Å²) < 4.78 is 0. The van der Waals surface area contributed by atoms with Gasteiger partial charge in [-0.15, -0.1) is 5.10 Å². The van der Waals surface area contributed by atoms with Crippen molar-refractivity contribution in [1.82, 2.24) is 15.5 Å². The van der Waals surface area contributed by atoms with Crippen LogP contribution in [0.1, 0.15) is 45.7 Å². The minimum atomic E-state index is 0.288. The molecule has 3 rings (SSSR count). The summed E-state index contributed by atoms with van der Waals surface area (Å²) in [5.74, 6) is 0.995. The Hall–Kier alpha value is -1.42. The van der Waals surface area contributed by atoms with Gasteiger partial charge in [0.15, 0.2) is 5.82 Å². The SMILES string of the molecule is CC(C)(C)C1=CCN(c2ccc(CNC3CC3)nn2)CC1. The standard InChI is InChI=1S/C17H26N4/c1-17(2,3)13-8-10-21(11-9-13)16-7-6-15(19-20-16)12-18-14-4-5-14/h6-8,14,18H,4-5,9-12H2,1-3H3.